The fourth-order valence-corrected chi connectivity index (χ4v) is 3.92. The summed E-state index contributed by atoms with van der Waals surface area (Å²) >= 11 is 0. The summed E-state index contributed by atoms with van der Waals surface area (Å²) in [4.78, 5) is 42.3. The van der Waals surface area contributed by atoms with Crippen molar-refractivity contribution < 1.29 is 24.4 Å². The number of nitrogens with zero attached hydrogens (tertiary/aromatic N) is 3. The maximum atomic E-state index is 13.1. The Hall–Kier alpha value is -4.53. The molecule has 3 aromatic rings. The second-order valence-corrected chi connectivity index (χ2v) is 7.60. The molecule has 34 heavy (non-hydrogen) atoms. The van der Waals surface area contributed by atoms with Gasteiger partial charge in [0.25, 0.3) is 17.4 Å². The lowest BCUT2D eigenvalue weighted by atomic mass is 9.95. The van der Waals surface area contributed by atoms with E-state index in [2.05, 4.69) is 4.98 Å². The normalized spacial score (nSPS) is 17.1. The fraction of sp³-hybridized carbons (Fsp3) is 0.160. The van der Waals surface area contributed by atoms with Gasteiger partial charge in [-0.1, -0.05) is 18.2 Å². The summed E-state index contributed by atoms with van der Waals surface area (Å²) < 4.78 is 5.42. The van der Waals surface area contributed by atoms with E-state index in [1.54, 1.807) is 54.9 Å². The number of nitro benzene ring substituents is 1. The SMILES string of the molecule is CCOc1ccc(/C(O)=C2\C(=O)C(=O)N(Cc3cccnc3)C2c2cccc([N+](=O)[O-])c2)cc1. The van der Waals surface area contributed by atoms with Gasteiger partial charge in [-0.3, -0.25) is 24.7 Å². The quantitative estimate of drug-likeness (QED) is 0.186. The largest absolute Gasteiger partial charge is 0.507 e. The number of amides is 1. The van der Waals surface area contributed by atoms with Gasteiger partial charge in [0.2, 0.25) is 0 Å². The van der Waals surface area contributed by atoms with Gasteiger partial charge < -0.3 is 14.7 Å². The van der Waals surface area contributed by atoms with E-state index >= 15 is 0 Å². The third-order valence-electron chi connectivity index (χ3n) is 5.45. The van der Waals surface area contributed by atoms with Crippen molar-refractivity contribution in [1.82, 2.24) is 9.88 Å². The van der Waals surface area contributed by atoms with E-state index in [1.807, 2.05) is 6.92 Å². The fourth-order valence-electron chi connectivity index (χ4n) is 3.92. The summed E-state index contributed by atoms with van der Waals surface area (Å²) in [6.07, 6.45) is 3.15. The van der Waals surface area contributed by atoms with Gasteiger partial charge in [0.15, 0.2) is 0 Å². The number of carbonyl (C=O) groups excluding carboxylic acids is 2. The molecular weight excluding hydrogens is 438 g/mol. The van der Waals surface area contributed by atoms with Crippen molar-refractivity contribution in [3.63, 3.8) is 0 Å². The van der Waals surface area contributed by atoms with Crippen LogP contribution in [0.25, 0.3) is 5.76 Å². The number of pyridine rings is 1. The Bertz CT molecular complexity index is 1270. The van der Waals surface area contributed by atoms with E-state index in [4.69, 9.17) is 4.74 Å². The number of aliphatic hydroxyl groups excluding tert-OH is 1. The number of benzene rings is 2. The molecule has 0 saturated carbocycles. The van der Waals surface area contributed by atoms with Crippen LogP contribution in [0.3, 0.4) is 0 Å². The summed E-state index contributed by atoms with van der Waals surface area (Å²) in [6, 6.07) is 14.6. The number of ketones is 1. The number of Topliss-reactive ketones (excluding diaryl/α,β-unsaturated/α-hetero) is 1. The number of ether oxygens (including phenoxy) is 1. The Kier molecular flexibility index (Phi) is 6.35. The van der Waals surface area contributed by atoms with Crippen LogP contribution in [0.1, 0.15) is 29.7 Å². The number of hydrogen-bond donors (Lipinski definition) is 1. The van der Waals surface area contributed by atoms with Crippen LogP contribution in [0.2, 0.25) is 0 Å². The third kappa shape index (κ3) is 4.36. The monoisotopic (exact) mass is 459 g/mol. The number of carbonyl (C=O) groups is 2. The molecule has 1 amide bonds. The predicted molar refractivity (Wildman–Crippen MR) is 123 cm³/mol. The van der Waals surface area contributed by atoms with Crippen molar-refractivity contribution in [2.75, 3.05) is 6.61 Å². The molecule has 172 valence electrons. The number of aromatic nitrogens is 1. The first kappa shape index (κ1) is 22.7. The highest BCUT2D eigenvalue weighted by Gasteiger charge is 2.46. The molecule has 9 nitrogen and oxygen atoms in total. The molecule has 2 heterocycles. The average Bonchev–Trinajstić information content (AvgIpc) is 3.10. The second-order valence-electron chi connectivity index (χ2n) is 7.60. The third-order valence-corrected chi connectivity index (χ3v) is 5.45. The minimum Gasteiger partial charge on any atom is -0.507 e. The zero-order valence-electron chi connectivity index (χ0n) is 18.2. The highest BCUT2D eigenvalue weighted by molar-refractivity contribution is 6.46. The van der Waals surface area contributed by atoms with Crippen molar-refractivity contribution in [3.8, 4) is 5.75 Å². The van der Waals surface area contributed by atoms with E-state index in [-0.39, 0.29) is 23.6 Å². The molecule has 1 aliphatic heterocycles. The number of hydrogen-bond acceptors (Lipinski definition) is 7. The first-order valence-corrected chi connectivity index (χ1v) is 10.6. The van der Waals surface area contributed by atoms with Gasteiger partial charge in [-0.25, -0.2) is 0 Å². The van der Waals surface area contributed by atoms with Gasteiger partial charge in [0, 0.05) is 36.6 Å². The first-order chi connectivity index (χ1) is 16.4. The molecule has 1 aliphatic rings. The lowest BCUT2D eigenvalue weighted by molar-refractivity contribution is -0.384. The Morgan fingerprint density at radius 3 is 2.56 bits per heavy atom. The zero-order chi connectivity index (χ0) is 24.2. The highest BCUT2D eigenvalue weighted by Crippen LogP contribution is 2.41. The molecule has 1 fully saturated rings. The van der Waals surface area contributed by atoms with Gasteiger partial charge >= 0.3 is 0 Å². The van der Waals surface area contributed by atoms with Crippen molar-refractivity contribution in [1.29, 1.82) is 0 Å². The van der Waals surface area contributed by atoms with Crippen LogP contribution in [0, 0.1) is 10.1 Å². The Balaban J connectivity index is 1.85. The maximum absolute atomic E-state index is 13.1. The van der Waals surface area contributed by atoms with E-state index in [0.717, 1.165) is 0 Å². The molecule has 2 aromatic carbocycles. The topological polar surface area (TPSA) is 123 Å². The molecule has 1 atom stereocenters. The molecule has 0 aliphatic carbocycles. The first-order valence-electron chi connectivity index (χ1n) is 10.6. The molecule has 1 N–H and O–H groups in total. The molecule has 0 radical (unpaired) electrons. The number of aliphatic hydroxyl groups is 1. The number of non-ortho nitro benzene ring substituents is 1. The van der Waals surface area contributed by atoms with Gasteiger partial charge in [0.05, 0.1) is 23.1 Å². The highest BCUT2D eigenvalue weighted by atomic mass is 16.6. The van der Waals surface area contributed by atoms with Gasteiger partial charge in [-0.05, 0) is 48.4 Å². The Labute approximate surface area is 195 Å². The van der Waals surface area contributed by atoms with Crippen molar-refractivity contribution in [3.05, 3.63) is 105 Å². The van der Waals surface area contributed by atoms with Crippen LogP contribution in [0.15, 0.2) is 78.6 Å². The molecule has 0 bridgehead atoms. The second kappa shape index (κ2) is 9.53. The van der Waals surface area contributed by atoms with Crippen LogP contribution in [0.5, 0.6) is 5.75 Å². The molecule has 1 unspecified atom stereocenters. The van der Waals surface area contributed by atoms with E-state index < -0.39 is 22.7 Å². The average molecular weight is 459 g/mol. The van der Waals surface area contributed by atoms with E-state index in [0.29, 0.717) is 29.0 Å². The maximum Gasteiger partial charge on any atom is 0.295 e. The molecule has 9 heteroatoms. The van der Waals surface area contributed by atoms with Gasteiger partial charge in [-0.15, -0.1) is 0 Å². The molecule has 0 spiro atoms. The Morgan fingerprint density at radius 2 is 1.91 bits per heavy atom. The van der Waals surface area contributed by atoms with Crippen molar-refractivity contribution >= 4 is 23.1 Å². The zero-order valence-corrected chi connectivity index (χ0v) is 18.2. The van der Waals surface area contributed by atoms with Crippen LogP contribution in [-0.2, 0) is 16.1 Å². The lowest BCUT2D eigenvalue weighted by Gasteiger charge is -2.25. The van der Waals surface area contributed by atoms with Crippen LogP contribution in [0.4, 0.5) is 5.69 Å². The number of likely N-dealkylation sites (tertiary alicyclic amines) is 1. The summed E-state index contributed by atoms with van der Waals surface area (Å²) in [5.41, 5.74) is 0.994. The summed E-state index contributed by atoms with van der Waals surface area (Å²) in [5.74, 6) is -1.46. The molecule has 1 aromatic heterocycles. The minimum absolute atomic E-state index is 0.0336. The van der Waals surface area contributed by atoms with Gasteiger partial charge in [-0.2, -0.15) is 0 Å². The predicted octanol–water partition coefficient (Wildman–Crippen LogP) is 4.01. The van der Waals surface area contributed by atoms with E-state index in [9.17, 15) is 24.8 Å². The number of rotatable bonds is 7. The smallest absolute Gasteiger partial charge is 0.295 e. The summed E-state index contributed by atoms with van der Waals surface area (Å²) in [7, 11) is 0. The molecule has 4 rings (SSSR count). The van der Waals surface area contributed by atoms with E-state index in [1.165, 1.54) is 23.1 Å². The summed E-state index contributed by atoms with van der Waals surface area (Å²) in [6.45, 7) is 2.35. The standard InChI is InChI=1S/C25H21N3O6/c1-2-34-20-10-8-17(9-11-20)23(29)21-22(18-6-3-7-19(13-18)28(32)33)27(25(31)24(21)30)15-16-5-4-12-26-14-16/h3-14,22,29H,2,15H2,1H3/b23-21+. The van der Waals surface area contributed by atoms with Crippen molar-refractivity contribution in [2.45, 2.75) is 19.5 Å². The number of nitro groups is 1. The minimum atomic E-state index is -1.02. The van der Waals surface area contributed by atoms with Crippen LogP contribution < -0.4 is 4.74 Å². The Morgan fingerprint density at radius 1 is 1.15 bits per heavy atom. The van der Waals surface area contributed by atoms with Crippen molar-refractivity contribution in [2.24, 2.45) is 0 Å². The summed E-state index contributed by atoms with van der Waals surface area (Å²) in [5, 5.41) is 22.5. The molecular formula is C25H21N3O6. The lowest BCUT2D eigenvalue weighted by Crippen LogP contribution is -2.29. The van der Waals surface area contributed by atoms with Crippen LogP contribution >= 0.6 is 0 Å². The van der Waals surface area contributed by atoms with Crippen LogP contribution in [-0.4, -0.2) is 38.2 Å². The van der Waals surface area contributed by atoms with Gasteiger partial charge in [0.1, 0.15) is 11.5 Å². The molecule has 1 saturated heterocycles.